The van der Waals surface area contributed by atoms with Crippen molar-refractivity contribution in [3.63, 3.8) is 0 Å². The number of fused-ring (bicyclic) bond motifs is 4. The van der Waals surface area contributed by atoms with Gasteiger partial charge in [-0.3, -0.25) is 0 Å². The van der Waals surface area contributed by atoms with Crippen LogP contribution in [0.5, 0.6) is 28.7 Å². The molecule has 23 heavy (non-hydrogen) atoms. The van der Waals surface area contributed by atoms with Gasteiger partial charge >= 0.3 is 0 Å². The van der Waals surface area contributed by atoms with Gasteiger partial charge in [-0.15, -0.1) is 0 Å². The summed E-state index contributed by atoms with van der Waals surface area (Å²) in [7, 11) is 0. The number of aliphatic hydroxyl groups is 1. The highest BCUT2D eigenvalue weighted by molar-refractivity contribution is 5.95. The molecule has 2 aliphatic heterocycles. The Hall–Kier alpha value is -3.02. The number of aliphatic hydroxyl groups excluding tert-OH is 1. The van der Waals surface area contributed by atoms with Gasteiger partial charge in [0.05, 0.1) is 5.56 Å². The van der Waals surface area contributed by atoms with Crippen molar-refractivity contribution in [3.8, 4) is 28.7 Å². The van der Waals surface area contributed by atoms with Crippen LogP contribution in [0.1, 0.15) is 16.7 Å². The third kappa shape index (κ3) is 1.81. The summed E-state index contributed by atoms with van der Waals surface area (Å²) in [5.41, 5.74) is 1.95. The molecule has 2 aliphatic rings. The maximum atomic E-state index is 10.7. The Morgan fingerprint density at radius 1 is 0.957 bits per heavy atom. The molecule has 6 nitrogen and oxygen atoms in total. The summed E-state index contributed by atoms with van der Waals surface area (Å²) in [6.45, 7) is 1.85. The van der Waals surface area contributed by atoms with Crippen molar-refractivity contribution in [1.82, 2.24) is 0 Å². The van der Waals surface area contributed by atoms with Gasteiger partial charge in [-0.25, -0.2) is 0 Å². The molecule has 0 saturated carbocycles. The number of ether oxygens (including phenoxy) is 2. The van der Waals surface area contributed by atoms with Crippen LogP contribution in [0.2, 0.25) is 0 Å². The van der Waals surface area contributed by atoms with Crippen LogP contribution in [0.3, 0.4) is 0 Å². The van der Waals surface area contributed by atoms with E-state index in [1.807, 2.05) is 0 Å². The average molecular weight is 314 g/mol. The summed E-state index contributed by atoms with van der Waals surface area (Å²) < 4.78 is 11.5. The fraction of sp³-hybridized carbons (Fsp3) is 0.176. The molecule has 2 heterocycles. The molecule has 0 saturated heterocycles. The first-order chi connectivity index (χ1) is 11.0. The Balaban J connectivity index is 1.98. The number of hydrogen-bond acceptors (Lipinski definition) is 6. The number of rotatable bonds is 0. The van der Waals surface area contributed by atoms with E-state index in [9.17, 15) is 20.4 Å². The van der Waals surface area contributed by atoms with Gasteiger partial charge in [0.2, 0.25) is 0 Å². The molecule has 0 radical (unpaired) electrons. The maximum Gasteiger partial charge on any atom is 0.162 e. The fourth-order valence-electron chi connectivity index (χ4n) is 2.99. The van der Waals surface area contributed by atoms with Crippen LogP contribution in [0.4, 0.5) is 0 Å². The van der Waals surface area contributed by atoms with Crippen molar-refractivity contribution in [2.24, 2.45) is 0 Å². The Morgan fingerprint density at radius 2 is 1.70 bits per heavy atom. The summed E-state index contributed by atoms with van der Waals surface area (Å²) in [6.07, 6.45) is -0.570. The molecule has 2 aromatic carbocycles. The number of phenols is 3. The predicted molar refractivity (Wildman–Crippen MR) is 82.0 cm³/mol. The molecule has 0 aliphatic carbocycles. The number of benzene rings is 2. The Morgan fingerprint density at radius 3 is 2.48 bits per heavy atom. The van der Waals surface area contributed by atoms with Gasteiger partial charge < -0.3 is 29.9 Å². The number of aromatic hydroxyl groups is 3. The Bertz CT molecular complexity index is 868. The fourth-order valence-corrected chi connectivity index (χ4v) is 2.99. The second-order valence-electron chi connectivity index (χ2n) is 5.60. The summed E-state index contributed by atoms with van der Waals surface area (Å²) in [5, 5.41) is 39.8. The maximum absolute atomic E-state index is 10.7. The van der Waals surface area contributed by atoms with Gasteiger partial charge in [0.15, 0.2) is 17.6 Å². The van der Waals surface area contributed by atoms with Gasteiger partial charge in [-0.05, 0) is 25.1 Å². The van der Waals surface area contributed by atoms with E-state index < -0.39 is 6.10 Å². The number of phenolic OH excluding ortho intramolecular Hbond substituents is 3. The summed E-state index contributed by atoms with van der Waals surface area (Å²) in [5.74, 6) is 0.266. The van der Waals surface area contributed by atoms with Crippen molar-refractivity contribution < 1.29 is 29.9 Å². The SMILES string of the molecule is Cc1c(O)ccc2c1OC1COc3cc(O)c(O)cc3C1=C2O. The molecule has 1 atom stereocenters. The van der Waals surface area contributed by atoms with Crippen LogP contribution in [0, 0.1) is 6.92 Å². The molecule has 1 unspecified atom stereocenters. The summed E-state index contributed by atoms with van der Waals surface area (Å²) in [4.78, 5) is 0. The Labute approximate surface area is 131 Å². The highest BCUT2D eigenvalue weighted by Gasteiger charge is 2.37. The minimum Gasteiger partial charge on any atom is -0.508 e. The monoisotopic (exact) mass is 314 g/mol. The van der Waals surface area contributed by atoms with Crippen molar-refractivity contribution in [1.29, 1.82) is 0 Å². The highest BCUT2D eigenvalue weighted by atomic mass is 16.5. The van der Waals surface area contributed by atoms with E-state index in [4.69, 9.17) is 9.47 Å². The van der Waals surface area contributed by atoms with E-state index >= 15 is 0 Å². The molecule has 2 aromatic rings. The zero-order valence-corrected chi connectivity index (χ0v) is 12.2. The lowest BCUT2D eigenvalue weighted by Crippen LogP contribution is -2.33. The van der Waals surface area contributed by atoms with Gasteiger partial charge in [-0.1, -0.05) is 0 Å². The van der Waals surface area contributed by atoms with Crippen LogP contribution in [0.25, 0.3) is 11.3 Å². The van der Waals surface area contributed by atoms with Crippen LogP contribution in [-0.4, -0.2) is 33.1 Å². The molecule has 0 bridgehead atoms. The first-order valence-electron chi connectivity index (χ1n) is 7.09. The minimum atomic E-state index is -0.570. The third-order valence-corrected chi connectivity index (χ3v) is 4.23. The lowest BCUT2D eigenvalue weighted by Gasteiger charge is -2.34. The molecule has 118 valence electrons. The molecule has 4 rings (SSSR count). The van der Waals surface area contributed by atoms with Gasteiger partial charge in [-0.2, -0.15) is 0 Å². The molecule has 0 aromatic heterocycles. The minimum absolute atomic E-state index is 0.00832. The van der Waals surface area contributed by atoms with Gasteiger partial charge in [0, 0.05) is 22.8 Å². The quantitative estimate of drug-likeness (QED) is 0.558. The van der Waals surface area contributed by atoms with Crippen LogP contribution in [-0.2, 0) is 0 Å². The smallest absolute Gasteiger partial charge is 0.162 e. The van der Waals surface area contributed by atoms with Crippen molar-refractivity contribution >= 4 is 11.3 Å². The third-order valence-electron chi connectivity index (χ3n) is 4.23. The van der Waals surface area contributed by atoms with E-state index in [1.165, 1.54) is 18.2 Å². The zero-order valence-electron chi connectivity index (χ0n) is 12.2. The van der Waals surface area contributed by atoms with Crippen molar-refractivity contribution in [2.75, 3.05) is 6.61 Å². The largest absolute Gasteiger partial charge is 0.508 e. The van der Waals surface area contributed by atoms with Crippen molar-refractivity contribution in [3.05, 3.63) is 41.0 Å². The van der Waals surface area contributed by atoms with E-state index in [2.05, 4.69) is 0 Å². The summed E-state index contributed by atoms with van der Waals surface area (Å²) in [6, 6.07) is 5.71. The topological polar surface area (TPSA) is 99.4 Å². The second kappa shape index (κ2) is 4.49. The molecule has 0 spiro atoms. The van der Waals surface area contributed by atoms with Crippen LogP contribution in [0.15, 0.2) is 24.3 Å². The lowest BCUT2D eigenvalue weighted by atomic mass is 9.90. The first kappa shape index (κ1) is 13.6. The van der Waals surface area contributed by atoms with E-state index in [1.54, 1.807) is 13.0 Å². The average Bonchev–Trinajstić information content (AvgIpc) is 2.52. The summed E-state index contributed by atoms with van der Waals surface area (Å²) >= 11 is 0. The Kier molecular flexibility index (Phi) is 2.66. The normalized spacial score (nSPS) is 18.4. The van der Waals surface area contributed by atoms with E-state index in [-0.39, 0.29) is 29.6 Å². The van der Waals surface area contributed by atoms with Crippen LogP contribution >= 0.6 is 0 Å². The molecule has 0 amide bonds. The number of hydrogen-bond donors (Lipinski definition) is 4. The van der Waals surface area contributed by atoms with Crippen molar-refractivity contribution in [2.45, 2.75) is 13.0 Å². The molecule has 4 N–H and O–H groups in total. The van der Waals surface area contributed by atoms with Gasteiger partial charge in [0.25, 0.3) is 0 Å². The lowest BCUT2D eigenvalue weighted by molar-refractivity contribution is 0.154. The standard InChI is InChI=1S/C17H14O6/c1-7-10(18)3-2-8-16(21)15-9-4-11(19)12(20)5-13(9)22-6-14(15)23-17(7)8/h2-5,14,18-21H,6H2,1H3. The molecule has 0 fully saturated rings. The molecular formula is C17H14O6. The first-order valence-corrected chi connectivity index (χ1v) is 7.09. The van der Waals surface area contributed by atoms with E-state index in [0.29, 0.717) is 33.8 Å². The molecule has 6 heteroatoms. The van der Waals surface area contributed by atoms with Crippen LogP contribution < -0.4 is 9.47 Å². The van der Waals surface area contributed by atoms with E-state index in [0.717, 1.165) is 0 Å². The second-order valence-corrected chi connectivity index (χ2v) is 5.60. The predicted octanol–water partition coefficient (Wildman–Crippen LogP) is 2.69. The zero-order chi connectivity index (χ0) is 16.3. The highest BCUT2D eigenvalue weighted by Crippen LogP contribution is 2.48. The molecular weight excluding hydrogens is 300 g/mol. The van der Waals surface area contributed by atoms with Gasteiger partial charge in [0.1, 0.15) is 29.6 Å².